The van der Waals surface area contributed by atoms with Crippen LogP contribution in [0.25, 0.3) is 10.9 Å². The third-order valence-corrected chi connectivity index (χ3v) is 4.72. The summed E-state index contributed by atoms with van der Waals surface area (Å²) in [4.78, 5) is 5.95. The highest BCUT2D eigenvalue weighted by Crippen LogP contribution is 2.30. The van der Waals surface area contributed by atoms with Crippen LogP contribution in [0.5, 0.6) is 0 Å². The molecule has 20 heavy (non-hydrogen) atoms. The second kappa shape index (κ2) is 5.35. The van der Waals surface area contributed by atoms with Gasteiger partial charge in [-0.2, -0.15) is 0 Å². The minimum absolute atomic E-state index is 0.251. The Labute approximate surface area is 123 Å². The summed E-state index contributed by atoms with van der Waals surface area (Å²) >= 11 is 1.81. The van der Waals surface area contributed by atoms with Crippen molar-refractivity contribution in [3.63, 3.8) is 0 Å². The van der Waals surface area contributed by atoms with Crippen molar-refractivity contribution in [1.29, 1.82) is 0 Å². The Kier molecular flexibility index (Phi) is 3.55. The molecule has 2 aromatic heterocycles. The Morgan fingerprint density at radius 2 is 1.95 bits per heavy atom. The van der Waals surface area contributed by atoms with Gasteiger partial charge in [0.1, 0.15) is 0 Å². The number of aryl methyl sites for hydroxylation is 2. The molecule has 1 aromatic carbocycles. The molecular formula is C17H18N2S. The van der Waals surface area contributed by atoms with Gasteiger partial charge in [0.2, 0.25) is 0 Å². The van der Waals surface area contributed by atoms with E-state index in [1.807, 2.05) is 14.0 Å². The van der Waals surface area contributed by atoms with E-state index in [-0.39, 0.29) is 6.04 Å². The largest absolute Gasteiger partial charge is 0.309 e. The van der Waals surface area contributed by atoms with E-state index in [9.17, 15) is 0 Å². The molecule has 0 aliphatic rings. The van der Waals surface area contributed by atoms with Crippen LogP contribution in [0, 0.1) is 13.8 Å². The van der Waals surface area contributed by atoms with Crippen molar-refractivity contribution >= 4 is 22.2 Å². The molecule has 2 heterocycles. The molecule has 0 bridgehead atoms. The van der Waals surface area contributed by atoms with Gasteiger partial charge in [0, 0.05) is 16.0 Å². The third kappa shape index (κ3) is 2.35. The fourth-order valence-corrected chi connectivity index (χ4v) is 3.62. The summed E-state index contributed by atoms with van der Waals surface area (Å²) in [7, 11) is 2.02. The van der Waals surface area contributed by atoms with E-state index in [2.05, 4.69) is 59.0 Å². The Bertz CT molecular complexity index is 746. The quantitative estimate of drug-likeness (QED) is 0.778. The number of fused-ring (bicyclic) bond motifs is 1. The van der Waals surface area contributed by atoms with Crippen LogP contribution in [0.1, 0.15) is 27.7 Å². The first-order chi connectivity index (χ1) is 9.69. The Morgan fingerprint density at radius 1 is 1.10 bits per heavy atom. The van der Waals surface area contributed by atoms with Crippen molar-refractivity contribution < 1.29 is 0 Å². The molecule has 1 atom stereocenters. The van der Waals surface area contributed by atoms with Crippen molar-refractivity contribution in [3.05, 3.63) is 63.5 Å². The van der Waals surface area contributed by atoms with E-state index in [0.29, 0.717) is 0 Å². The van der Waals surface area contributed by atoms with Crippen LogP contribution in [0.3, 0.4) is 0 Å². The molecule has 0 saturated heterocycles. The van der Waals surface area contributed by atoms with Gasteiger partial charge in [-0.15, -0.1) is 11.3 Å². The first kappa shape index (κ1) is 13.3. The molecule has 0 spiro atoms. The van der Waals surface area contributed by atoms with Crippen LogP contribution in [-0.2, 0) is 0 Å². The van der Waals surface area contributed by atoms with E-state index in [1.165, 1.54) is 21.4 Å². The normalized spacial score (nSPS) is 12.8. The minimum atomic E-state index is 0.251. The molecular weight excluding hydrogens is 264 g/mol. The maximum absolute atomic E-state index is 4.56. The van der Waals surface area contributed by atoms with Crippen molar-refractivity contribution in [2.45, 2.75) is 19.9 Å². The van der Waals surface area contributed by atoms with E-state index in [0.717, 1.165) is 11.2 Å². The van der Waals surface area contributed by atoms with Crippen molar-refractivity contribution in [1.82, 2.24) is 10.3 Å². The molecule has 1 unspecified atom stereocenters. The van der Waals surface area contributed by atoms with Crippen molar-refractivity contribution in [2.75, 3.05) is 7.05 Å². The topological polar surface area (TPSA) is 24.9 Å². The summed E-state index contributed by atoms with van der Waals surface area (Å²) < 4.78 is 0. The van der Waals surface area contributed by atoms with E-state index in [4.69, 9.17) is 0 Å². The van der Waals surface area contributed by atoms with Gasteiger partial charge in [-0.3, -0.25) is 4.98 Å². The summed E-state index contributed by atoms with van der Waals surface area (Å²) in [5.74, 6) is 0. The number of thiophene rings is 1. The van der Waals surface area contributed by atoms with Crippen LogP contribution in [0.15, 0.2) is 41.8 Å². The molecule has 3 heteroatoms. The molecule has 0 radical (unpaired) electrons. The summed E-state index contributed by atoms with van der Waals surface area (Å²) in [5, 5.41) is 6.78. The highest BCUT2D eigenvalue weighted by molar-refractivity contribution is 7.10. The van der Waals surface area contributed by atoms with Crippen LogP contribution in [0.2, 0.25) is 0 Å². The summed E-state index contributed by atoms with van der Waals surface area (Å²) in [6.07, 6.45) is 0. The van der Waals surface area contributed by atoms with Crippen LogP contribution < -0.4 is 5.32 Å². The molecule has 0 amide bonds. The third-order valence-electron chi connectivity index (χ3n) is 3.64. The molecule has 0 fully saturated rings. The fraction of sp³-hybridized carbons (Fsp3) is 0.235. The standard InChI is InChI=1S/C17H18N2S/c1-11-8-9-20-17(11)16(18-3)14-6-7-15-13(10-14)5-4-12(2)19-15/h4-10,16,18H,1-3H3. The number of aromatic nitrogens is 1. The fourth-order valence-electron chi connectivity index (χ4n) is 2.55. The van der Waals surface area contributed by atoms with Gasteiger partial charge in [0.15, 0.2) is 0 Å². The number of pyridine rings is 1. The van der Waals surface area contributed by atoms with Crippen LogP contribution in [0.4, 0.5) is 0 Å². The van der Waals surface area contributed by atoms with Crippen LogP contribution in [-0.4, -0.2) is 12.0 Å². The first-order valence-corrected chi connectivity index (χ1v) is 7.65. The number of benzene rings is 1. The maximum atomic E-state index is 4.56. The monoisotopic (exact) mass is 282 g/mol. The molecule has 0 saturated carbocycles. The van der Waals surface area contributed by atoms with E-state index >= 15 is 0 Å². The predicted octanol–water partition coefficient (Wildman–Crippen LogP) is 4.22. The smallest absolute Gasteiger partial charge is 0.0705 e. The van der Waals surface area contributed by atoms with E-state index < -0.39 is 0 Å². The molecule has 3 rings (SSSR count). The predicted molar refractivity (Wildman–Crippen MR) is 86.4 cm³/mol. The summed E-state index contributed by atoms with van der Waals surface area (Å²) in [6, 6.07) is 13.2. The lowest BCUT2D eigenvalue weighted by atomic mass is 10.0. The second-order valence-corrected chi connectivity index (χ2v) is 6.04. The molecule has 0 aliphatic heterocycles. The van der Waals surface area contributed by atoms with Gasteiger partial charge in [-0.05, 0) is 61.7 Å². The molecule has 3 aromatic rings. The number of nitrogens with zero attached hydrogens (tertiary/aromatic N) is 1. The zero-order valence-corrected chi connectivity index (χ0v) is 12.8. The van der Waals surface area contributed by atoms with Gasteiger partial charge in [-0.25, -0.2) is 0 Å². The number of hydrogen-bond acceptors (Lipinski definition) is 3. The molecule has 1 N–H and O–H groups in total. The highest BCUT2D eigenvalue weighted by Gasteiger charge is 2.15. The van der Waals surface area contributed by atoms with Gasteiger partial charge in [0.05, 0.1) is 11.6 Å². The highest BCUT2D eigenvalue weighted by atomic mass is 32.1. The zero-order valence-electron chi connectivity index (χ0n) is 12.0. The lowest BCUT2D eigenvalue weighted by Gasteiger charge is -2.17. The Balaban J connectivity index is 2.08. The van der Waals surface area contributed by atoms with E-state index in [1.54, 1.807) is 11.3 Å². The van der Waals surface area contributed by atoms with Crippen LogP contribution >= 0.6 is 11.3 Å². The molecule has 102 valence electrons. The van der Waals surface area contributed by atoms with Crippen molar-refractivity contribution in [3.8, 4) is 0 Å². The average Bonchev–Trinajstić information content (AvgIpc) is 2.86. The Morgan fingerprint density at radius 3 is 2.65 bits per heavy atom. The SMILES string of the molecule is CNC(c1ccc2nc(C)ccc2c1)c1sccc1C. The lowest BCUT2D eigenvalue weighted by Crippen LogP contribution is -2.17. The van der Waals surface area contributed by atoms with Crippen molar-refractivity contribution in [2.24, 2.45) is 0 Å². The lowest BCUT2D eigenvalue weighted by molar-refractivity contribution is 0.701. The Hall–Kier alpha value is -1.71. The number of nitrogens with one attached hydrogen (secondary N) is 1. The molecule has 0 aliphatic carbocycles. The molecule has 2 nitrogen and oxygen atoms in total. The van der Waals surface area contributed by atoms with Gasteiger partial charge < -0.3 is 5.32 Å². The number of hydrogen-bond donors (Lipinski definition) is 1. The van der Waals surface area contributed by atoms with Gasteiger partial charge in [-0.1, -0.05) is 12.1 Å². The minimum Gasteiger partial charge on any atom is -0.309 e. The average molecular weight is 282 g/mol. The summed E-state index contributed by atoms with van der Waals surface area (Å²) in [5.41, 5.74) is 4.75. The summed E-state index contributed by atoms with van der Waals surface area (Å²) in [6.45, 7) is 4.20. The first-order valence-electron chi connectivity index (χ1n) is 6.77. The van der Waals surface area contributed by atoms with Gasteiger partial charge in [0.25, 0.3) is 0 Å². The number of rotatable bonds is 3. The maximum Gasteiger partial charge on any atom is 0.0705 e. The van der Waals surface area contributed by atoms with Gasteiger partial charge >= 0.3 is 0 Å². The second-order valence-electron chi connectivity index (χ2n) is 5.09. The zero-order chi connectivity index (χ0) is 14.1.